The number of likely N-dealkylation sites (N-methyl/N-ethyl adjacent to an activating group) is 1. The van der Waals surface area contributed by atoms with Crippen molar-refractivity contribution in [2.75, 3.05) is 26.2 Å². The monoisotopic (exact) mass is 211 g/mol. The van der Waals surface area contributed by atoms with Crippen LogP contribution < -0.4 is 4.74 Å². The molecule has 0 N–H and O–H groups in total. The third-order valence-electron chi connectivity index (χ3n) is 2.40. The maximum atomic E-state index is 13.1. The van der Waals surface area contributed by atoms with Crippen molar-refractivity contribution in [2.45, 2.75) is 13.8 Å². The van der Waals surface area contributed by atoms with Crippen LogP contribution in [0, 0.1) is 5.82 Å². The predicted octanol–water partition coefficient (Wildman–Crippen LogP) is 2.55. The second kappa shape index (κ2) is 6.40. The van der Waals surface area contributed by atoms with E-state index in [0.717, 1.165) is 19.6 Å². The topological polar surface area (TPSA) is 12.5 Å². The molecule has 0 aliphatic heterocycles. The summed E-state index contributed by atoms with van der Waals surface area (Å²) in [5.41, 5.74) is 0. The standard InChI is InChI=1S/C12H18FNO/c1-3-14(4-2)9-10-15-12-8-6-5-7-11(12)13/h5-8H,3-4,9-10H2,1-2H3. The van der Waals surface area contributed by atoms with Crippen molar-refractivity contribution in [1.82, 2.24) is 4.90 Å². The molecule has 0 atom stereocenters. The van der Waals surface area contributed by atoms with Crippen LogP contribution in [0.1, 0.15) is 13.8 Å². The molecular weight excluding hydrogens is 193 g/mol. The molecule has 1 rings (SSSR count). The normalized spacial score (nSPS) is 10.7. The molecular formula is C12H18FNO. The van der Waals surface area contributed by atoms with Gasteiger partial charge < -0.3 is 9.64 Å². The molecule has 0 heterocycles. The van der Waals surface area contributed by atoms with Crippen LogP contribution in [0.25, 0.3) is 0 Å². The van der Waals surface area contributed by atoms with E-state index in [1.807, 2.05) is 0 Å². The first-order chi connectivity index (χ1) is 7.27. The van der Waals surface area contributed by atoms with Crippen molar-refractivity contribution in [3.63, 3.8) is 0 Å². The molecule has 84 valence electrons. The van der Waals surface area contributed by atoms with Crippen LogP contribution in [0.2, 0.25) is 0 Å². The fourth-order valence-electron chi connectivity index (χ4n) is 1.39. The highest BCUT2D eigenvalue weighted by Gasteiger charge is 2.02. The molecule has 0 spiro atoms. The Morgan fingerprint density at radius 3 is 2.47 bits per heavy atom. The van der Waals surface area contributed by atoms with Gasteiger partial charge in [0, 0.05) is 6.54 Å². The first-order valence-electron chi connectivity index (χ1n) is 5.37. The predicted molar refractivity (Wildman–Crippen MR) is 59.7 cm³/mol. The maximum Gasteiger partial charge on any atom is 0.165 e. The molecule has 0 aromatic heterocycles. The number of ether oxygens (including phenoxy) is 1. The van der Waals surface area contributed by atoms with Crippen molar-refractivity contribution < 1.29 is 9.13 Å². The van der Waals surface area contributed by atoms with E-state index in [9.17, 15) is 4.39 Å². The van der Waals surface area contributed by atoms with Crippen LogP contribution in [-0.2, 0) is 0 Å². The van der Waals surface area contributed by atoms with Gasteiger partial charge in [0.2, 0.25) is 0 Å². The molecule has 0 aliphatic carbocycles. The Hall–Kier alpha value is -1.09. The zero-order valence-corrected chi connectivity index (χ0v) is 9.37. The highest BCUT2D eigenvalue weighted by atomic mass is 19.1. The summed E-state index contributed by atoms with van der Waals surface area (Å²) in [4.78, 5) is 2.24. The number of rotatable bonds is 6. The summed E-state index contributed by atoms with van der Waals surface area (Å²) in [6, 6.07) is 6.49. The number of benzene rings is 1. The molecule has 0 bridgehead atoms. The summed E-state index contributed by atoms with van der Waals surface area (Å²) >= 11 is 0. The Kier molecular flexibility index (Phi) is 5.12. The van der Waals surface area contributed by atoms with Crippen molar-refractivity contribution in [1.29, 1.82) is 0 Å². The highest BCUT2D eigenvalue weighted by Crippen LogP contribution is 2.14. The van der Waals surface area contributed by atoms with E-state index in [4.69, 9.17) is 4.74 Å². The molecule has 1 aromatic carbocycles. The van der Waals surface area contributed by atoms with Gasteiger partial charge in [0.1, 0.15) is 6.61 Å². The van der Waals surface area contributed by atoms with Crippen LogP contribution in [0.5, 0.6) is 5.75 Å². The molecule has 0 saturated heterocycles. The Morgan fingerprint density at radius 2 is 1.87 bits per heavy atom. The van der Waals surface area contributed by atoms with Gasteiger partial charge in [-0.05, 0) is 25.2 Å². The molecule has 0 fully saturated rings. The SMILES string of the molecule is CCN(CC)CCOc1ccccc1F. The van der Waals surface area contributed by atoms with Crippen LogP contribution in [0.4, 0.5) is 4.39 Å². The average molecular weight is 211 g/mol. The third kappa shape index (κ3) is 3.88. The zero-order valence-electron chi connectivity index (χ0n) is 9.37. The average Bonchev–Trinajstić information content (AvgIpc) is 2.27. The van der Waals surface area contributed by atoms with Gasteiger partial charge in [-0.25, -0.2) is 4.39 Å². The number of hydrogen-bond donors (Lipinski definition) is 0. The zero-order chi connectivity index (χ0) is 11.1. The van der Waals surface area contributed by atoms with Gasteiger partial charge in [-0.3, -0.25) is 0 Å². The van der Waals surface area contributed by atoms with Gasteiger partial charge in [-0.1, -0.05) is 26.0 Å². The van der Waals surface area contributed by atoms with Crippen molar-refractivity contribution >= 4 is 0 Å². The fraction of sp³-hybridized carbons (Fsp3) is 0.500. The molecule has 0 saturated carbocycles. The van der Waals surface area contributed by atoms with Crippen molar-refractivity contribution in [2.24, 2.45) is 0 Å². The Balaban J connectivity index is 2.34. The number of hydrogen-bond acceptors (Lipinski definition) is 2. The second-order valence-electron chi connectivity index (χ2n) is 3.31. The summed E-state index contributed by atoms with van der Waals surface area (Å²) in [6.07, 6.45) is 0. The van der Waals surface area contributed by atoms with Gasteiger partial charge in [-0.15, -0.1) is 0 Å². The lowest BCUT2D eigenvalue weighted by Crippen LogP contribution is -2.28. The van der Waals surface area contributed by atoms with E-state index >= 15 is 0 Å². The summed E-state index contributed by atoms with van der Waals surface area (Å²) in [6.45, 7) is 7.57. The molecule has 15 heavy (non-hydrogen) atoms. The largest absolute Gasteiger partial charge is 0.489 e. The van der Waals surface area contributed by atoms with E-state index in [2.05, 4.69) is 18.7 Å². The van der Waals surface area contributed by atoms with Gasteiger partial charge >= 0.3 is 0 Å². The lowest BCUT2D eigenvalue weighted by atomic mass is 10.3. The van der Waals surface area contributed by atoms with Crippen LogP contribution in [0.3, 0.4) is 0 Å². The minimum absolute atomic E-state index is 0.294. The molecule has 0 amide bonds. The number of nitrogens with zero attached hydrogens (tertiary/aromatic N) is 1. The van der Waals surface area contributed by atoms with Gasteiger partial charge in [-0.2, -0.15) is 0 Å². The third-order valence-corrected chi connectivity index (χ3v) is 2.40. The quantitative estimate of drug-likeness (QED) is 0.717. The van der Waals surface area contributed by atoms with E-state index in [0.29, 0.717) is 12.4 Å². The minimum atomic E-state index is -0.294. The van der Waals surface area contributed by atoms with E-state index in [1.54, 1.807) is 18.2 Å². The lowest BCUT2D eigenvalue weighted by Gasteiger charge is -2.18. The van der Waals surface area contributed by atoms with Crippen molar-refractivity contribution in [3.05, 3.63) is 30.1 Å². The first kappa shape index (κ1) is 12.0. The summed E-state index contributed by atoms with van der Waals surface area (Å²) < 4.78 is 18.5. The van der Waals surface area contributed by atoms with Crippen molar-refractivity contribution in [3.8, 4) is 5.75 Å². The number of para-hydroxylation sites is 1. The lowest BCUT2D eigenvalue weighted by molar-refractivity contribution is 0.217. The van der Waals surface area contributed by atoms with Crippen LogP contribution >= 0.6 is 0 Å². The number of halogens is 1. The summed E-state index contributed by atoms with van der Waals surface area (Å²) in [5.74, 6) is 0.0432. The fourth-order valence-corrected chi connectivity index (χ4v) is 1.39. The Morgan fingerprint density at radius 1 is 1.20 bits per heavy atom. The molecule has 1 aromatic rings. The highest BCUT2D eigenvalue weighted by molar-refractivity contribution is 5.23. The molecule has 2 nitrogen and oxygen atoms in total. The molecule has 0 aliphatic rings. The first-order valence-corrected chi connectivity index (χ1v) is 5.37. The smallest absolute Gasteiger partial charge is 0.165 e. The van der Waals surface area contributed by atoms with Crippen LogP contribution in [0.15, 0.2) is 24.3 Å². The maximum absolute atomic E-state index is 13.1. The van der Waals surface area contributed by atoms with Gasteiger partial charge in [0.25, 0.3) is 0 Å². The van der Waals surface area contributed by atoms with E-state index < -0.39 is 0 Å². The van der Waals surface area contributed by atoms with Gasteiger partial charge in [0.05, 0.1) is 0 Å². The van der Waals surface area contributed by atoms with Gasteiger partial charge in [0.15, 0.2) is 11.6 Å². The van der Waals surface area contributed by atoms with Crippen LogP contribution in [-0.4, -0.2) is 31.1 Å². The van der Waals surface area contributed by atoms with E-state index in [-0.39, 0.29) is 5.82 Å². The van der Waals surface area contributed by atoms with E-state index in [1.165, 1.54) is 6.07 Å². The Bertz CT molecular complexity index is 287. The Labute approximate surface area is 90.7 Å². The summed E-state index contributed by atoms with van der Waals surface area (Å²) in [7, 11) is 0. The summed E-state index contributed by atoms with van der Waals surface area (Å²) in [5, 5.41) is 0. The second-order valence-corrected chi connectivity index (χ2v) is 3.31. The minimum Gasteiger partial charge on any atom is -0.489 e. The molecule has 0 unspecified atom stereocenters. The molecule has 0 radical (unpaired) electrons. The molecule has 3 heteroatoms.